The predicted octanol–water partition coefficient (Wildman–Crippen LogP) is 3.22. The van der Waals surface area contributed by atoms with Crippen molar-refractivity contribution in [2.45, 2.75) is 12.8 Å². The van der Waals surface area contributed by atoms with Gasteiger partial charge in [0.25, 0.3) is 0 Å². The van der Waals surface area contributed by atoms with Crippen molar-refractivity contribution in [3.8, 4) is 16.2 Å². The number of carboxylic acid groups (broad SMARTS) is 1. The van der Waals surface area contributed by atoms with E-state index < -0.39 is 5.97 Å². The highest BCUT2D eigenvalue weighted by Crippen LogP contribution is 2.41. The highest BCUT2D eigenvalue weighted by Gasteiger charge is 2.21. The van der Waals surface area contributed by atoms with E-state index in [0.717, 1.165) is 34.6 Å². The summed E-state index contributed by atoms with van der Waals surface area (Å²) in [4.78, 5) is 12.5. The minimum absolute atomic E-state index is 0.413. The van der Waals surface area contributed by atoms with Gasteiger partial charge < -0.3 is 9.84 Å². The van der Waals surface area contributed by atoms with Crippen molar-refractivity contribution in [2.24, 2.45) is 0 Å². The topological polar surface area (TPSA) is 46.5 Å². The number of hydrogen-bond donors (Lipinski definition) is 1. The first-order valence-corrected chi connectivity index (χ1v) is 6.54. The van der Waals surface area contributed by atoms with Crippen LogP contribution in [0.25, 0.3) is 10.4 Å². The molecule has 1 aliphatic rings. The standard InChI is InChI=1S/C14H12O3S/c1-17-10-5-4-8-2-3-9-6-12(14(15)16)18-13(9)11(8)7-10/h4-7H,2-3H2,1H3,(H,15,16). The van der Waals surface area contributed by atoms with Crippen LogP contribution in [0.1, 0.15) is 20.8 Å². The monoisotopic (exact) mass is 260 g/mol. The number of carboxylic acids is 1. The number of aryl methyl sites for hydroxylation is 2. The fourth-order valence-corrected chi connectivity index (χ4v) is 3.43. The first-order valence-electron chi connectivity index (χ1n) is 5.72. The average molecular weight is 260 g/mol. The Labute approximate surface area is 109 Å². The number of benzene rings is 1. The Morgan fingerprint density at radius 3 is 2.78 bits per heavy atom. The van der Waals surface area contributed by atoms with Gasteiger partial charge in [0.15, 0.2) is 0 Å². The molecule has 0 bridgehead atoms. The van der Waals surface area contributed by atoms with Gasteiger partial charge in [0.1, 0.15) is 10.6 Å². The molecule has 2 aromatic rings. The van der Waals surface area contributed by atoms with Crippen LogP contribution < -0.4 is 4.74 Å². The Kier molecular flexibility index (Phi) is 2.59. The Morgan fingerprint density at radius 1 is 1.28 bits per heavy atom. The molecule has 0 saturated heterocycles. The zero-order chi connectivity index (χ0) is 12.7. The molecule has 1 aromatic carbocycles. The van der Waals surface area contributed by atoms with Gasteiger partial charge in [-0.05, 0) is 47.7 Å². The molecule has 1 N–H and O–H groups in total. The van der Waals surface area contributed by atoms with Crippen molar-refractivity contribution < 1.29 is 14.6 Å². The molecule has 0 unspecified atom stereocenters. The molecule has 0 spiro atoms. The van der Waals surface area contributed by atoms with Crippen molar-refractivity contribution in [1.29, 1.82) is 0 Å². The fraction of sp³-hybridized carbons (Fsp3) is 0.214. The van der Waals surface area contributed by atoms with Crippen molar-refractivity contribution in [3.63, 3.8) is 0 Å². The second-order valence-corrected chi connectivity index (χ2v) is 5.35. The van der Waals surface area contributed by atoms with E-state index in [-0.39, 0.29) is 0 Å². The van der Waals surface area contributed by atoms with Gasteiger partial charge in [-0.1, -0.05) is 6.07 Å². The van der Waals surface area contributed by atoms with E-state index in [9.17, 15) is 4.79 Å². The van der Waals surface area contributed by atoms with Crippen molar-refractivity contribution >= 4 is 17.3 Å². The van der Waals surface area contributed by atoms with E-state index in [1.54, 1.807) is 13.2 Å². The summed E-state index contributed by atoms with van der Waals surface area (Å²) in [7, 11) is 1.64. The fourth-order valence-electron chi connectivity index (χ4n) is 2.33. The molecule has 92 valence electrons. The van der Waals surface area contributed by atoms with Crippen LogP contribution in [0.2, 0.25) is 0 Å². The number of methoxy groups -OCH3 is 1. The van der Waals surface area contributed by atoms with Crippen LogP contribution in [-0.2, 0) is 12.8 Å². The number of ether oxygens (including phenoxy) is 1. The lowest BCUT2D eigenvalue weighted by atomic mass is 9.91. The molecule has 3 nitrogen and oxygen atoms in total. The summed E-state index contributed by atoms with van der Waals surface area (Å²) in [5.41, 5.74) is 3.52. The van der Waals surface area contributed by atoms with Crippen molar-refractivity contribution in [1.82, 2.24) is 0 Å². The number of thiophene rings is 1. The highest BCUT2D eigenvalue weighted by atomic mass is 32.1. The first-order chi connectivity index (χ1) is 8.69. The minimum Gasteiger partial charge on any atom is -0.497 e. The van der Waals surface area contributed by atoms with E-state index in [1.807, 2.05) is 12.1 Å². The summed E-state index contributed by atoms with van der Waals surface area (Å²) in [6.45, 7) is 0. The lowest BCUT2D eigenvalue weighted by Crippen LogP contribution is -2.01. The zero-order valence-electron chi connectivity index (χ0n) is 9.90. The van der Waals surface area contributed by atoms with E-state index in [2.05, 4.69) is 6.07 Å². The third-order valence-corrected chi connectivity index (χ3v) is 4.44. The molecular formula is C14H12O3S. The number of carbonyl (C=O) groups is 1. The molecule has 1 aromatic heterocycles. The second kappa shape index (κ2) is 4.14. The number of hydrogen-bond acceptors (Lipinski definition) is 3. The Balaban J connectivity index is 2.17. The summed E-state index contributed by atoms with van der Waals surface area (Å²) in [5.74, 6) is -0.0364. The van der Waals surface area contributed by atoms with Gasteiger partial charge in [0.2, 0.25) is 0 Å². The maximum atomic E-state index is 11.0. The summed E-state index contributed by atoms with van der Waals surface area (Å²) in [6.07, 6.45) is 1.88. The van der Waals surface area contributed by atoms with Crippen LogP contribution in [-0.4, -0.2) is 18.2 Å². The van der Waals surface area contributed by atoms with E-state index in [4.69, 9.17) is 9.84 Å². The molecule has 1 aliphatic carbocycles. The molecule has 0 fully saturated rings. The highest BCUT2D eigenvalue weighted by molar-refractivity contribution is 7.17. The van der Waals surface area contributed by atoms with Crippen LogP contribution in [0.5, 0.6) is 5.75 Å². The Hall–Kier alpha value is -1.81. The lowest BCUT2D eigenvalue weighted by molar-refractivity contribution is 0.0702. The predicted molar refractivity (Wildman–Crippen MR) is 70.7 cm³/mol. The molecule has 0 radical (unpaired) electrons. The number of fused-ring (bicyclic) bond motifs is 3. The van der Waals surface area contributed by atoms with Crippen molar-refractivity contribution in [2.75, 3.05) is 7.11 Å². The van der Waals surface area contributed by atoms with Gasteiger partial charge in [0.05, 0.1) is 7.11 Å². The van der Waals surface area contributed by atoms with Crippen LogP contribution in [0, 0.1) is 0 Å². The molecule has 18 heavy (non-hydrogen) atoms. The van der Waals surface area contributed by atoms with E-state index in [1.165, 1.54) is 16.9 Å². The van der Waals surface area contributed by atoms with Crippen LogP contribution in [0.3, 0.4) is 0 Å². The molecule has 4 heteroatoms. The Bertz CT molecular complexity index is 628. The van der Waals surface area contributed by atoms with Gasteiger partial charge in [-0.15, -0.1) is 11.3 Å². The van der Waals surface area contributed by atoms with Gasteiger partial charge in [-0.3, -0.25) is 0 Å². The summed E-state index contributed by atoms with van der Waals surface area (Å²) >= 11 is 1.35. The third-order valence-electron chi connectivity index (χ3n) is 3.25. The second-order valence-electron chi connectivity index (χ2n) is 4.29. The van der Waals surface area contributed by atoms with Gasteiger partial charge in [-0.25, -0.2) is 4.79 Å². The normalized spacial score (nSPS) is 12.7. The molecule has 0 aliphatic heterocycles. The van der Waals surface area contributed by atoms with Crippen molar-refractivity contribution in [3.05, 3.63) is 40.3 Å². The first kappa shape index (κ1) is 11.3. The zero-order valence-corrected chi connectivity index (χ0v) is 10.7. The maximum absolute atomic E-state index is 11.0. The van der Waals surface area contributed by atoms with Crippen LogP contribution in [0.4, 0.5) is 0 Å². The molecule has 0 atom stereocenters. The number of rotatable bonds is 2. The minimum atomic E-state index is -0.848. The molecular weight excluding hydrogens is 248 g/mol. The lowest BCUT2D eigenvalue weighted by Gasteiger charge is -2.16. The largest absolute Gasteiger partial charge is 0.497 e. The van der Waals surface area contributed by atoms with Crippen LogP contribution >= 0.6 is 11.3 Å². The van der Waals surface area contributed by atoms with Crippen LogP contribution in [0.15, 0.2) is 24.3 Å². The van der Waals surface area contributed by atoms with Gasteiger partial charge in [-0.2, -0.15) is 0 Å². The van der Waals surface area contributed by atoms with E-state index >= 15 is 0 Å². The molecule has 3 rings (SSSR count). The SMILES string of the molecule is COc1ccc2c(c1)-c1sc(C(=O)O)cc1CC2. The molecule has 0 amide bonds. The average Bonchev–Trinajstić information content (AvgIpc) is 2.82. The summed E-state index contributed by atoms with van der Waals surface area (Å²) < 4.78 is 5.24. The van der Waals surface area contributed by atoms with E-state index in [0.29, 0.717) is 4.88 Å². The van der Waals surface area contributed by atoms with Gasteiger partial charge in [0, 0.05) is 4.88 Å². The molecule has 0 saturated carbocycles. The molecule has 1 heterocycles. The third kappa shape index (κ3) is 1.69. The summed E-state index contributed by atoms with van der Waals surface area (Å²) in [5, 5.41) is 9.07. The quantitative estimate of drug-likeness (QED) is 0.901. The summed E-state index contributed by atoms with van der Waals surface area (Å²) in [6, 6.07) is 7.81. The Morgan fingerprint density at radius 2 is 2.06 bits per heavy atom. The van der Waals surface area contributed by atoms with Gasteiger partial charge >= 0.3 is 5.97 Å². The smallest absolute Gasteiger partial charge is 0.345 e. The number of aromatic carboxylic acids is 1. The maximum Gasteiger partial charge on any atom is 0.345 e.